The average molecular weight is 266 g/mol. The fourth-order valence-electron chi connectivity index (χ4n) is 2.66. The molecular formula is C15H22O4. The molecule has 1 fully saturated rings. The van der Waals surface area contributed by atoms with Crippen LogP contribution >= 0.6 is 0 Å². The Labute approximate surface area is 114 Å². The van der Waals surface area contributed by atoms with Crippen molar-refractivity contribution in [1.82, 2.24) is 0 Å². The van der Waals surface area contributed by atoms with Crippen LogP contribution < -0.4 is 4.74 Å². The lowest BCUT2D eigenvalue weighted by Gasteiger charge is -2.40. The monoisotopic (exact) mass is 266 g/mol. The summed E-state index contributed by atoms with van der Waals surface area (Å²) in [5, 5.41) is 10.8. The van der Waals surface area contributed by atoms with Crippen LogP contribution in [0.4, 0.5) is 0 Å². The van der Waals surface area contributed by atoms with Gasteiger partial charge in [-0.1, -0.05) is 11.6 Å². The van der Waals surface area contributed by atoms with Gasteiger partial charge in [-0.3, -0.25) is 0 Å². The number of aryl methyl sites for hydroxylation is 1. The van der Waals surface area contributed by atoms with Crippen LogP contribution in [0.15, 0.2) is 18.2 Å². The van der Waals surface area contributed by atoms with Gasteiger partial charge in [0.1, 0.15) is 17.5 Å². The minimum absolute atomic E-state index is 0.584. The van der Waals surface area contributed by atoms with Gasteiger partial charge in [0.15, 0.2) is 0 Å². The van der Waals surface area contributed by atoms with E-state index in [9.17, 15) is 5.11 Å². The maximum atomic E-state index is 10.8. The smallest absolute Gasteiger partial charge is 0.124 e. The lowest BCUT2D eigenvalue weighted by atomic mass is 9.83. The van der Waals surface area contributed by atoms with E-state index in [1.807, 2.05) is 25.1 Å². The fraction of sp³-hybridized carbons (Fsp3) is 0.600. The maximum absolute atomic E-state index is 10.8. The van der Waals surface area contributed by atoms with E-state index in [-0.39, 0.29) is 0 Å². The highest BCUT2D eigenvalue weighted by molar-refractivity contribution is 5.39. The van der Waals surface area contributed by atoms with Crippen LogP contribution in [0.5, 0.6) is 5.75 Å². The Bertz CT molecular complexity index is 424. The highest BCUT2D eigenvalue weighted by atomic mass is 16.5. The van der Waals surface area contributed by atoms with Gasteiger partial charge in [-0.15, -0.1) is 0 Å². The molecule has 0 radical (unpaired) electrons. The van der Waals surface area contributed by atoms with Crippen LogP contribution in [-0.2, 0) is 9.47 Å². The molecule has 0 saturated carbocycles. The predicted octanol–water partition coefficient (Wildman–Crippen LogP) is 2.23. The predicted molar refractivity (Wildman–Crippen MR) is 72.5 cm³/mol. The molecule has 1 heterocycles. The van der Waals surface area contributed by atoms with Gasteiger partial charge < -0.3 is 19.3 Å². The molecule has 106 valence electrons. The van der Waals surface area contributed by atoms with Gasteiger partial charge in [-0.25, -0.2) is 0 Å². The van der Waals surface area contributed by atoms with Gasteiger partial charge in [-0.05, 0) is 19.1 Å². The molecule has 0 bridgehead atoms. The van der Waals surface area contributed by atoms with Crippen molar-refractivity contribution in [2.45, 2.75) is 31.5 Å². The minimum atomic E-state index is -0.712. The van der Waals surface area contributed by atoms with Crippen LogP contribution in [0.25, 0.3) is 0 Å². The summed E-state index contributed by atoms with van der Waals surface area (Å²) in [6.45, 7) is 3.22. The Kier molecular flexibility index (Phi) is 4.45. The number of methoxy groups -OCH3 is 2. The molecule has 1 aliphatic rings. The lowest BCUT2D eigenvalue weighted by Crippen LogP contribution is -2.43. The number of rotatable bonds is 4. The van der Waals surface area contributed by atoms with Crippen LogP contribution in [-0.4, -0.2) is 38.1 Å². The third-order valence-electron chi connectivity index (χ3n) is 3.92. The summed E-state index contributed by atoms with van der Waals surface area (Å²) < 4.78 is 16.4. The van der Waals surface area contributed by atoms with E-state index in [0.717, 1.165) is 11.1 Å². The van der Waals surface area contributed by atoms with Gasteiger partial charge in [0.2, 0.25) is 0 Å². The van der Waals surface area contributed by atoms with Crippen LogP contribution in [0.3, 0.4) is 0 Å². The molecule has 1 aliphatic heterocycles. The van der Waals surface area contributed by atoms with E-state index in [1.165, 1.54) is 0 Å². The summed E-state index contributed by atoms with van der Waals surface area (Å²) in [4.78, 5) is 0. The third-order valence-corrected chi connectivity index (χ3v) is 3.92. The van der Waals surface area contributed by atoms with Gasteiger partial charge in [0, 0.05) is 38.7 Å². The SMILES string of the molecule is COc1ccc(C)cc1C(O)C1(OC)CCOCC1. The topological polar surface area (TPSA) is 47.9 Å². The molecule has 0 aliphatic carbocycles. The largest absolute Gasteiger partial charge is 0.496 e. The zero-order valence-electron chi connectivity index (χ0n) is 11.8. The molecule has 4 nitrogen and oxygen atoms in total. The zero-order valence-corrected chi connectivity index (χ0v) is 11.8. The molecule has 1 N–H and O–H groups in total. The number of hydrogen-bond acceptors (Lipinski definition) is 4. The molecule has 0 aromatic heterocycles. The van der Waals surface area contributed by atoms with E-state index >= 15 is 0 Å². The number of ether oxygens (including phenoxy) is 3. The molecular weight excluding hydrogens is 244 g/mol. The van der Waals surface area contributed by atoms with Crippen molar-refractivity contribution in [3.8, 4) is 5.75 Å². The number of aliphatic hydroxyl groups excluding tert-OH is 1. The van der Waals surface area contributed by atoms with Gasteiger partial charge in [-0.2, -0.15) is 0 Å². The van der Waals surface area contributed by atoms with E-state index in [1.54, 1.807) is 14.2 Å². The Morgan fingerprint density at radius 2 is 1.95 bits per heavy atom. The summed E-state index contributed by atoms with van der Waals surface area (Å²) in [7, 11) is 3.27. The second-order valence-corrected chi connectivity index (χ2v) is 5.03. The first kappa shape index (κ1) is 14.3. The summed E-state index contributed by atoms with van der Waals surface area (Å²) in [6, 6.07) is 5.81. The Balaban J connectivity index is 2.36. The number of hydrogen-bond donors (Lipinski definition) is 1. The first-order valence-corrected chi connectivity index (χ1v) is 6.58. The molecule has 0 amide bonds. The second-order valence-electron chi connectivity index (χ2n) is 5.03. The standard InChI is InChI=1S/C15H22O4/c1-11-4-5-13(17-2)12(10-11)14(16)15(18-3)6-8-19-9-7-15/h4-5,10,14,16H,6-9H2,1-3H3. The van der Waals surface area contributed by atoms with Crippen molar-refractivity contribution in [2.24, 2.45) is 0 Å². The molecule has 2 rings (SSSR count). The first-order chi connectivity index (χ1) is 9.13. The minimum Gasteiger partial charge on any atom is -0.496 e. The van der Waals surface area contributed by atoms with Crippen molar-refractivity contribution >= 4 is 0 Å². The van der Waals surface area contributed by atoms with Crippen LogP contribution in [0.2, 0.25) is 0 Å². The summed E-state index contributed by atoms with van der Waals surface area (Å²) in [5.41, 5.74) is 1.29. The molecule has 1 unspecified atom stereocenters. The number of benzene rings is 1. The molecule has 0 spiro atoms. The van der Waals surface area contributed by atoms with E-state index < -0.39 is 11.7 Å². The molecule has 1 aromatic rings. The van der Waals surface area contributed by atoms with Crippen molar-refractivity contribution in [1.29, 1.82) is 0 Å². The normalized spacial score (nSPS) is 20.0. The quantitative estimate of drug-likeness (QED) is 0.908. The van der Waals surface area contributed by atoms with Gasteiger partial charge in [0.25, 0.3) is 0 Å². The van der Waals surface area contributed by atoms with E-state index in [0.29, 0.717) is 31.8 Å². The molecule has 1 atom stereocenters. The van der Waals surface area contributed by atoms with Crippen molar-refractivity contribution < 1.29 is 19.3 Å². The van der Waals surface area contributed by atoms with Crippen molar-refractivity contribution in [3.05, 3.63) is 29.3 Å². The average Bonchev–Trinajstić information content (AvgIpc) is 2.47. The number of aliphatic hydroxyl groups is 1. The van der Waals surface area contributed by atoms with Crippen molar-refractivity contribution in [3.63, 3.8) is 0 Å². The molecule has 1 aromatic carbocycles. The summed E-state index contributed by atoms with van der Waals surface area (Å²) >= 11 is 0. The maximum Gasteiger partial charge on any atom is 0.124 e. The Morgan fingerprint density at radius 3 is 2.53 bits per heavy atom. The van der Waals surface area contributed by atoms with E-state index in [4.69, 9.17) is 14.2 Å². The Morgan fingerprint density at radius 1 is 1.26 bits per heavy atom. The van der Waals surface area contributed by atoms with E-state index in [2.05, 4.69) is 0 Å². The molecule has 1 saturated heterocycles. The van der Waals surface area contributed by atoms with Gasteiger partial charge >= 0.3 is 0 Å². The first-order valence-electron chi connectivity index (χ1n) is 6.58. The second kappa shape index (κ2) is 5.90. The molecule has 4 heteroatoms. The fourth-order valence-corrected chi connectivity index (χ4v) is 2.66. The lowest BCUT2D eigenvalue weighted by molar-refractivity contribution is -0.154. The van der Waals surface area contributed by atoms with Crippen LogP contribution in [0, 0.1) is 6.92 Å². The summed E-state index contributed by atoms with van der Waals surface area (Å²) in [6.07, 6.45) is 0.653. The van der Waals surface area contributed by atoms with Crippen LogP contribution in [0.1, 0.15) is 30.1 Å². The van der Waals surface area contributed by atoms with Gasteiger partial charge in [0.05, 0.1) is 7.11 Å². The highest BCUT2D eigenvalue weighted by Gasteiger charge is 2.41. The highest BCUT2D eigenvalue weighted by Crippen LogP contribution is 2.40. The Hall–Kier alpha value is -1.10. The summed E-state index contributed by atoms with van der Waals surface area (Å²) in [5.74, 6) is 0.695. The zero-order chi connectivity index (χ0) is 13.9. The third kappa shape index (κ3) is 2.76. The molecule has 19 heavy (non-hydrogen) atoms. The van der Waals surface area contributed by atoms with Crippen molar-refractivity contribution in [2.75, 3.05) is 27.4 Å².